The van der Waals surface area contributed by atoms with Crippen LogP contribution in [-0.2, 0) is 4.79 Å². The van der Waals surface area contributed by atoms with Gasteiger partial charge in [-0.2, -0.15) is 0 Å². The van der Waals surface area contributed by atoms with Crippen LogP contribution in [0.1, 0.15) is 37.0 Å². The highest BCUT2D eigenvalue weighted by Crippen LogP contribution is 2.27. The maximum absolute atomic E-state index is 12.3. The van der Waals surface area contributed by atoms with Gasteiger partial charge in [0.1, 0.15) is 11.1 Å². The van der Waals surface area contributed by atoms with Crippen molar-refractivity contribution in [3.8, 4) is 0 Å². The smallest absolute Gasteiger partial charge is 0.329 e. The minimum absolute atomic E-state index is 0.104. The molecule has 0 atom stereocenters. The molecule has 0 unspecified atom stereocenters. The predicted octanol–water partition coefficient (Wildman–Crippen LogP) is 2.62. The largest absolute Gasteiger partial charge is 0.480 e. The molecule has 1 amide bonds. The van der Waals surface area contributed by atoms with E-state index in [2.05, 4.69) is 5.32 Å². The van der Waals surface area contributed by atoms with Crippen molar-refractivity contribution in [1.82, 2.24) is 5.32 Å². The van der Waals surface area contributed by atoms with Crippen LogP contribution in [-0.4, -0.2) is 27.4 Å². The van der Waals surface area contributed by atoms with E-state index in [1.807, 2.05) is 0 Å². The van der Waals surface area contributed by atoms with E-state index < -0.39 is 28.0 Å². The van der Waals surface area contributed by atoms with Gasteiger partial charge in [-0.3, -0.25) is 14.9 Å². The van der Waals surface area contributed by atoms with Gasteiger partial charge in [-0.05, 0) is 18.9 Å². The van der Waals surface area contributed by atoms with E-state index in [4.69, 9.17) is 11.6 Å². The summed E-state index contributed by atoms with van der Waals surface area (Å²) < 4.78 is 0. The molecule has 0 fully saturated rings. The number of aliphatic carboxylic acids is 1. The molecular formula is C13H15ClN2O5. The first-order valence-electron chi connectivity index (χ1n) is 6.27. The van der Waals surface area contributed by atoms with Crippen LogP contribution in [0, 0.1) is 10.1 Å². The van der Waals surface area contributed by atoms with Crippen molar-refractivity contribution in [2.75, 3.05) is 0 Å². The lowest BCUT2D eigenvalue weighted by molar-refractivity contribution is -0.385. The molecule has 0 heterocycles. The second-order valence-electron chi connectivity index (χ2n) is 4.44. The minimum atomic E-state index is -1.48. The van der Waals surface area contributed by atoms with Crippen molar-refractivity contribution in [1.29, 1.82) is 0 Å². The van der Waals surface area contributed by atoms with Crippen LogP contribution in [0.15, 0.2) is 18.2 Å². The lowest BCUT2D eigenvalue weighted by Crippen LogP contribution is -2.53. The fraction of sp³-hybridized carbons (Fsp3) is 0.385. The number of benzene rings is 1. The van der Waals surface area contributed by atoms with Crippen LogP contribution < -0.4 is 5.32 Å². The first-order chi connectivity index (χ1) is 9.79. The first-order valence-corrected chi connectivity index (χ1v) is 6.65. The van der Waals surface area contributed by atoms with Crippen molar-refractivity contribution in [3.63, 3.8) is 0 Å². The van der Waals surface area contributed by atoms with Crippen molar-refractivity contribution in [2.45, 2.75) is 32.2 Å². The molecule has 1 aromatic rings. The Morgan fingerprint density at radius 1 is 1.38 bits per heavy atom. The van der Waals surface area contributed by atoms with E-state index in [0.717, 1.165) is 6.07 Å². The number of amides is 1. The number of nitro benzene ring substituents is 1. The summed E-state index contributed by atoms with van der Waals surface area (Å²) in [5, 5.41) is 22.5. The SMILES string of the molecule is CCC(CC)(NC(=O)c1c(Cl)cccc1[N+](=O)[O-])C(=O)O. The Balaban J connectivity index is 3.27. The van der Waals surface area contributed by atoms with E-state index >= 15 is 0 Å². The molecule has 0 spiro atoms. The third kappa shape index (κ3) is 3.30. The second kappa shape index (κ2) is 6.53. The van der Waals surface area contributed by atoms with E-state index in [1.54, 1.807) is 13.8 Å². The van der Waals surface area contributed by atoms with Gasteiger partial charge in [-0.1, -0.05) is 31.5 Å². The van der Waals surface area contributed by atoms with E-state index in [1.165, 1.54) is 12.1 Å². The van der Waals surface area contributed by atoms with Gasteiger partial charge in [0, 0.05) is 6.07 Å². The molecule has 1 aromatic carbocycles. The van der Waals surface area contributed by atoms with E-state index in [9.17, 15) is 24.8 Å². The molecule has 0 aliphatic carbocycles. The Labute approximate surface area is 126 Å². The lowest BCUT2D eigenvalue weighted by atomic mass is 9.92. The number of nitrogens with one attached hydrogen (secondary N) is 1. The highest BCUT2D eigenvalue weighted by Gasteiger charge is 2.38. The van der Waals surface area contributed by atoms with Gasteiger partial charge >= 0.3 is 5.97 Å². The molecule has 8 heteroatoms. The standard InChI is InChI=1S/C13H15ClN2O5/c1-3-13(4-2,12(18)19)15-11(17)10-8(14)6-5-7-9(10)16(20)21/h5-7H,3-4H2,1-2H3,(H,15,17)(H,18,19). The van der Waals surface area contributed by atoms with Gasteiger partial charge in [-0.15, -0.1) is 0 Å². The summed E-state index contributed by atoms with van der Waals surface area (Å²) in [7, 11) is 0. The lowest BCUT2D eigenvalue weighted by Gasteiger charge is -2.28. The minimum Gasteiger partial charge on any atom is -0.480 e. The first kappa shape index (κ1) is 16.9. The number of halogens is 1. The Morgan fingerprint density at radius 2 is 1.95 bits per heavy atom. The summed E-state index contributed by atoms with van der Waals surface area (Å²) in [4.78, 5) is 33.9. The van der Waals surface area contributed by atoms with Crippen LogP contribution in [0.3, 0.4) is 0 Å². The number of nitro groups is 1. The summed E-state index contributed by atoms with van der Waals surface area (Å²) in [6, 6.07) is 3.83. The number of carboxylic acid groups (broad SMARTS) is 1. The van der Waals surface area contributed by atoms with Crippen LogP contribution in [0.2, 0.25) is 5.02 Å². The van der Waals surface area contributed by atoms with Gasteiger partial charge in [0.05, 0.1) is 9.95 Å². The highest BCUT2D eigenvalue weighted by molar-refractivity contribution is 6.34. The van der Waals surface area contributed by atoms with Crippen molar-refractivity contribution in [3.05, 3.63) is 38.9 Å². The molecule has 21 heavy (non-hydrogen) atoms. The normalized spacial score (nSPS) is 11.0. The van der Waals surface area contributed by atoms with Gasteiger partial charge < -0.3 is 10.4 Å². The molecule has 0 radical (unpaired) electrons. The summed E-state index contributed by atoms with van der Waals surface area (Å²) in [6.45, 7) is 3.22. The number of carbonyl (C=O) groups is 2. The van der Waals surface area contributed by atoms with Crippen LogP contribution in [0.4, 0.5) is 5.69 Å². The maximum atomic E-state index is 12.3. The number of carbonyl (C=O) groups excluding carboxylic acids is 1. The molecule has 0 aliphatic heterocycles. The number of rotatable bonds is 6. The van der Waals surface area contributed by atoms with Crippen LogP contribution >= 0.6 is 11.6 Å². The molecule has 114 valence electrons. The average molecular weight is 315 g/mol. The summed E-state index contributed by atoms with van der Waals surface area (Å²) in [6.07, 6.45) is 0.283. The van der Waals surface area contributed by atoms with Crippen LogP contribution in [0.5, 0.6) is 0 Å². The van der Waals surface area contributed by atoms with Gasteiger partial charge in [-0.25, -0.2) is 4.79 Å². The fourth-order valence-electron chi connectivity index (χ4n) is 1.95. The molecular weight excluding hydrogens is 300 g/mol. The monoisotopic (exact) mass is 314 g/mol. The molecule has 0 bridgehead atoms. The fourth-order valence-corrected chi connectivity index (χ4v) is 2.21. The van der Waals surface area contributed by atoms with Crippen molar-refractivity contribution in [2.24, 2.45) is 0 Å². The molecule has 0 aliphatic rings. The number of carboxylic acids is 1. The van der Waals surface area contributed by atoms with Crippen LogP contribution in [0.25, 0.3) is 0 Å². The zero-order valence-corrected chi connectivity index (χ0v) is 12.3. The molecule has 0 aromatic heterocycles. The third-order valence-electron chi connectivity index (χ3n) is 3.38. The highest BCUT2D eigenvalue weighted by atomic mass is 35.5. The van der Waals surface area contributed by atoms with Gasteiger partial charge in [0.2, 0.25) is 0 Å². The Kier molecular flexibility index (Phi) is 5.26. The van der Waals surface area contributed by atoms with E-state index in [-0.39, 0.29) is 23.4 Å². The number of nitrogens with zero attached hydrogens (tertiary/aromatic N) is 1. The van der Waals surface area contributed by atoms with Gasteiger partial charge in [0.25, 0.3) is 11.6 Å². The Hall–Kier alpha value is -2.15. The summed E-state index contributed by atoms with van der Waals surface area (Å²) >= 11 is 5.85. The third-order valence-corrected chi connectivity index (χ3v) is 3.70. The molecule has 2 N–H and O–H groups in total. The summed E-state index contributed by atoms with van der Waals surface area (Å²) in [5.41, 5.74) is -2.28. The summed E-state index contributed by atoms with van der Waals surface area (Å²) in [5.74, 6) is -2.08. The zero-order valence-electron chi connectivity index (χ0n) is 11.6. The molecule has 0 saturated heterocycles. The van der Waals surface area contributed by atoms with Gasteiger partial charge in [0.15, 0.2) is 0 Å². The Morgan fingerprint density at radius 3 is 2.38 bits per heavy atom. The number of hydrogen-bond acceptors (Lipinski definition) is 4. The van der Waals surface area contributed by atoms with Crippen molar-refractivity contribution < 1.29 is 19.6 Å². The predicted molar refractivity (Wildman–Crippen MR) is 76.5 cm³/mol. The molecule has 0 saturated carbocycles. The second-order valence-corrected chi connectivity index (χ2v) is 4.85. The van der Waals surface area contributed by atoms with Crippen molar-refractivity contribution >= 4 is 29.2 Å². The molecule has 1 rings (SSSR count). The Bertz CT molecular complexity index is 584. The number of hydrogen-bond donors (Lipinski definition) is 2. The quantitative estimate of drug-likeness (QED) is 0.619. The van der Waals surface area contributed by atoms with E-state index in [0.29, 0.717) is 0 Å². The average Bonchev–Trinajstić information content (AvgIpc) is 2.43. The molecule has 7 nitrogen and oxygen atoms in total. The maximum Gasteiger partial charge on any atom is 0.329 e. The topological polar surface area (TPSA) is 110 Å². The zero-order chi connectivity index (χ0) is 16.2.